The molecule has 0 aliphatic heterocycles. The Morgan fingerprint density at radius 3 is 2.05 bits per heavy atom. The van der Waals surface area contributed by atoms with Crippen LogP contribution in [0.5, 0.6) is 11.5 Å². The molecule has 0 heterocycles. The highest BCUT2D eigenvalue weighted by Gasteiger charge is 2.08. The van der Waals surface area contributed by atoms with Gasteiger partial charge in [0.05, 0.1) is 0 Å². The van der Waals surface area contributed by atoms with Crippen molar-refractivity contribution in [3.63, 3.8) is 0 Å². The van der Waals surface area contributed by atoms with Crippen LogP contribution < -0.4 is 16.2 Å². The molecular formula is C18H16N2O. The average molecular weight is 276 g/mol. The third kappa shape index (κ3) is 2.98. The summed E-state index contributed by atoms with van der Waals surface area (Å²) >= 11 is 0. The third-order valence-electron chi connectivity index (χ3n) is 3.20. The van der Waals surface area contributed by atoms with Gasteiger partial charge in [0.15, 0.2) is 0 Å². The van der Waals surface area contributed by atoms with Gasteiger partial charge < -0.3 is 16.2 Å². The average Bonchev–Trinajstić information content (AvgIpc) is 2.51. The highest BCUT2D eigenvalue weighted by molar-refractivity contribution is 5.75. The van der Waals surface area contributed by atoms with E-state index in [-0.39, 0.29) is 0 Å². The predicted octanol–water partition coefficient (Wildman–Crippen LogP) is 4.31. The molecule has 3 rings (SSSR count). The fourth-order valence-electron chi connectivity index (χ4n) is 2.14. The van der Waals surface area contributed by atoms with Crippen molar-refractivity contribution in [3.05, 3.63) is 72.8 Å². The number of benzene rings is 3. The van der Waals surface area contributed by atoms with E-state index in [2.05, 4.69) is 0 Å². The number of rotatable bonds is 3. The molecule has 0 spiro atoms. The summed E-state index contributed by atoms with van der Waals surface area (Å²) in [5.74, 6) is 1.55. The van der Waals surface area contributed by atoms with Crippen LogP contribution in [0.15, 0.2) is 72.8 Å². The van der Waals surface area contributed by atoms with E-state index in [0.717, 1.165) is 28.3 Å². The predicted molar refractivity (Wildman–Crippen MR) is 87.2 cm³/mol. The Labute approximate surface area is 123 Å². The van der Waals surface area contributed by atoms with E-state index >= 15 is 0 Å². The summed E-state index contributed by atoms with van der Waals surface area (Å²) in [4.78, 5) is 0. The van der Waals surface area contributed by atoms with Crippen LogP contribution in [0.1, 0.15) is 0 Å². The molecule has 0 aliphatic carbocycles. The lowest BCUT2D eigenvalue weighted by Gasteiger charge is -2.12. The van der Waals surface area contributed by atoms with Gasteiger partial charge in [0.2, 0.25) is 0 Å². The van der Waals surface area contributed by atoms with Crippen molar-refractivity contribution < 1.29 is 4.74 Å². The van der Waals surface area contributed by atoms with Crippen LogP contribution in [0.2, 0.25) is 0 Å². The van der Waals surface area contributed by atoms with Crippen LogP contribution in [-0.2, 0) is 0 Å². The van der Waals surface area contributed by atoms with Gasteiger partial charge in [-0.25, -0.2) is 0 Å². The van der Waals surface area contributed by atoms with Gasteiger partial charge in [0, 0.05) is 16.9 Å². The first-order chi connectivity index (χ1) is 10.2. The van der Waals surface area contributed by atoms with E-state index in [1.54, 1.807) is 0 Å². The molecule has 4 N–H and O–H groups in total. The molecular weight excluding hydrogens is 260 g/mol. The maximum atomic E-state index is 5.96. The van der Waals surface area contributed by atoms with E-state index in [0.29, 0.717) is 5.69 Å². The molecule has 104 valence electrons. The van der Waals surface area contributed by atoms with Gasteiger partial charge in [-0.3, -0.25) is 0 Å². The Morgan fingerprint density at radius 2 is 1.33 bits per heavy atom. The minimum atomic E-state index is 0.697. The summed E-state index contributed by atoms with van der Waals surface area (Å²) < 4.78 is 5.96. The van der Waals surface area contributed by atoms with E-state index in [1.807, 2.05) is 72.8 Å². The van der Waals surface area contributed by atoms with Crippen LogP contribution in [0.25, 0.3) is 11.1 Å². The lowest BCUT2D eigenvalue weighted by atomic mass is 10.0. The third-order valence-corrected chi connectivity index (χ3v) is 3.20. The highest BCUT2D eigenvalue weighted by Crippen LogP contribution is 2.35. The number of hydrogen-bond donors (Lipinski definition) is 2. The zero-order chi connectivity index (χ0) is 14.7. The Morgan fingerprint density at radius 1 is 0.667 bits per heavy atom. The normalized spacial score (nSPS) is 10.3. The van der Waals surface area contributed by atoms with Crippen molar-refractivity contribution in [1.29, 1.82) is 0 Å². The van der Waals surface area contributed by atoms with Crippen molar-refractivity contribution in [2.45, 2.75) is 0 Å². The van der Waals surface area contributed by atoms with Crippen LogP contribution in [0.3, 0.4) is 0 Å². The molecule has 21 heavy (non-hydrogen) atoms. The number of nitrogens with two attached hydrogens (primary N) is 2. The van der Waals surface area contributed by atoms with Gasteiger partial charge in [-0.1, -0.05) is 30.3 Å². The topological polar surface area (TPSA) is 61.3 Å². The molecule has 3 aromatic carbocycles. The molecule has 0 atom stereocenters. The van der Waals surface area contributed by atoms with E-state index in [9.17, 15) is 0 Å². The maximum absolute atomic E-state index is 5.96. The number of anilines is 2. The van der Waals surface area contributed by atoms with E-state index < -0.39 is 0 Å². The van der Waals surface area contributed by atoms with Crippen LogP contribution in [-0.4, -0.2) is 0 Å². The molecule has 0 bridgehead atoms. The summed E-state index contributed by atoms with van der Waals surface area (Å²) in [7, 11) is 0. The second kappa shape index (κ2) is 5.59. The Hall–Kier alpha value is -2.94. The largest absolute Gasteiger partial charge is 0.457 e. The standard InChI is InChI=1S/C18H16N2O/c19-14-8-6-13(7-9-14)17-12-15(20)10-11-18(17)21-16-4-2-1-3-5-16/h1-12H,19-20H2. The van der Waals surface area contributed by atoms with Gasteiger partial charge in [-0.05, 0) is 48.0 Å². The molecule has 3 nitrogen and oxygen atoms in total. The molecule has 0 aromatic heterocycles. The zero-order valence-corrected chi connectivity index (χ0v) is 11.5. The Bertz CT molecular complexity index is 737. The van der Waals surface area contributed by atoms with Crippen molar-refractivity contribution in [1.82, 2.24) is 0 Å². The van der Waals surface area contributed by atoms with Gasteiger partial charge in [0.25, 0.3) is 0 Å². The zero-order valence-electron chi connectivity index (χ0n) is 11.5. The fourth-order valence-corrected chi connectivity index (χ4v) is 2.14. The number of para-hydroxylation sites is 1. The molecule has 3 heteroatoms. The molecule has 0 saturated carbocycles. The summed E-state index contributed by atoms with van der Waals surface area (Å²) in [6.45, 7) is 0. The molecule has 0 saturated heterocycles. The summed E-state index contributed by atoms with van der Waals surface area (Å²) in [5, 5.41) is 0. The van der Waals surface area contributed by atoms with Gasteiger partial charge >= 0.3 is 0 Å². The molecule has 0 fully saturated rings. The first-order valence-corrected chi connectivity index (χ1v) is 6.71. The number of ether oxygens (including phenoxy) is 1. The van der Waals surface area contributed by atoms with Crippen LogP contribution >= 0.6 is 0 Å². The first-order valence-electron chi connectivity index (χ1n) is 6.71. The summed E-state index contributed by atoms with van der Waals surface area (Å²) in [6.07, 6.45) is 0. The van der Waals surface area contributed by atoms with Gasteiger partial charge in [-0.15, -0.1) is 0 Å². The number of nitrogen functional groups attached to an aromatic ring is 2. The maximum Gasteiger partial charge on any atom is 0.135 e. The first kappa shape index (κ1) is 13.1. The molecule has 0 unspecified atom stereocenters. The summed E-state index contributed by atoms with van der Waals surface area (Å²) in [6, 6.07) is 22.9. The lowest BCUT2D eigenvalue weighted by Crippen LogP contribution is -1.92. The Kier molecular flexibility index (Phi) is 3.48. The molecule has 0 aliphatic rings. The van der Waals surface area contributed by atoms with Crippen LogP contribution in [0, 0.1) is 0 Å². The van der Waals surface area contributed by atoms with Gasteiger partial charge in [0.1, 0.15) is 11.5 Å². The smallest absolute Gasteiger partial charge is 0.135 e. The van der Waals surface area contributed by atoms with Gasteiger partial charge in [-0.2, -0.15) is 0 Å². The monoisotopic (exact) mass is 276 g/mol. The molecule has 0 radical (unpaired) electrons. The minimum absolute atomic E-state index is 0.697. The highest BCUT2D eigenvalue weighted by atomic mass is 16.5. The van der Waals surface area contributed by atoms with Crippen molar-refractivity contribution in [2.24, 2.45) is 0 Å². The van der Waals surface area contributed by atoms with Crippen molar-refractivity contribution in [3.8, 4) is 22.6 Å². The fraction of sp³-hybridized carbons (Fsp3) is 0. The summed E-state index contributed by atoms with van der Waals surface area (Å²) in [5.41, 5.74) is 15.0. The number of hydrogen-bond acceptors (Lipinski definition) is 3. The van der Waals surface area contributed by atoms with E-state index in [4.69, 9.17) is 16.2 Å². The Balaban J connectivity index is 2.03. The van der Waals surface area contributed by atoms with Crippen molar-refractivity contribution in [2.75, 3.05) is 11.5 Å². The van der Waals surface area contributed by atoms with E-state index in [1.165, 1.54) is 0 Å². The molecule has 3 aromatic rings. The second-order valence-corrected chi connectivity index (χ2v) is 4.79. The molecule has 0 amide bonds. The van der Waals surface area contributed by atoms with Crippen molar-refractivity contribution >= 4 is 11.4 Å². The minimum Gasteiger partial charge on any atom is -0.457 e. The van der Waals surface area contributed by atoms with Crippen LogP contribution in [0.4, 0.5) is 11.4 Å². The second-order valence-electron chi connectivity index (χ2n) is 4.79. The SMILES string of the molecule is Nc1ccc(-c2cc(N)ccc2Oc2ccccc2)cc1. The quantitative estimate of drug-likeness (QED) is 0.701. The lowest BCUT2D eigenvalue weighted by molar-refractivity contribution is 0.484.